The summed E-state index contributed by atoms with van der Waals surface area (Å²) in [5, 5.41) is 0. The summed E-state index contributed by atoms with van der Waals surface area (Å²) in [6.07, 6.45) is 0. The molecule has 2 unspecified atom stereocenters. The van der Waals surface area contributed by atoms with E-state index < -0.39 is 10.0 Å². The van der Waals surface area contributed by atoms with Crippen molar-refractivity contribution in [1.29, 1.82) is 0 Å². The van der Waals surface area contributed by atoms with E-state index in [2.05, 4.69) is 18.7 Å². The number of likely N-dealkylation sites (N-methyl/N-ethyl adjacent to an activating group) is 1. The molecule has 1 fully saturated rings. The molecule has 1 aliphatic heterocycles. The number of nitrogens with zero attached hydrogens (tertiary/aromatic N) is 2. The average Bonchev–Trinajstić information content (AvgIpc) is 2.38. The lowest BCUT2D eigenvalue weighted by Gasteiger charge is -2.41. The zero-order valence-corrected chi connectivity index (χ0v) is 13.1. The van der Waals surface area contributed by atoms with Crippen LogP contribution in [0.5, 0.6) is 0 Å². The van der Waals surface area contributed by atoms with Crippen molar-refractivity contribution in [1.82, 2.24) is 9.21 Å². The second-order valence-electron chi connectivity index (χ2n) is 5.64. The van der Waals surface area contributed by atoms with Crippen LogP contribution in [0, 0.1) is 0 Å². The molecule has 5 nitrogen and oxygen atoms in total. The maximum atomic E-state index is 12.6. The summed E-state index contributed by atoms with van der Waals surface area (Å²) >= 11 is 0. The van der Waals surface area contributed by atoms with Gasteiger partial charge in [-0.05, 0) is 32.5 Å². The van der Waals surface area contributed by atoms with Crippen LogP contribution in [0.3, 0.4) is 0 Å². The number of para-hydroxylation sites is 1. The highest BCUT2D eigenvalue weighted by Crippen LogP contribution is 2.21. The second kappa shape index (κ2) is 5.71. The Morgan fingerprint density at radius 2 is 1.75 bits per heavy atom. The van der Waals surface area contributed by atoms with Crippen LogP contribution in [-0.4, -0.2) is 49.8 Å². The lowest BCUT2D eigenvalue weighted by molar-refractivity contribution is 0.105. The van der Waals surface area contributed by atoms with Gasteiger partial charge in [-0.1, -0.05) is 18.2 Å². The Kier molecular flexibility index (Phi) is 4.36. The highest BCUT2D eigenvalue weighted by Gasteiger charge is 2.33. The highest BCUT2D eigenvalue weighted by molar-refractivity contribution is 7.88. The molecule has 1 saturated heterocycles. The molecule has 6 heteroatoms. The van der Waals surface area contributed by atoms with Crippen molar-refractivity contribution >= 4 is 15.7 Å². The van der Waals surface area contributed by atoms with Crippen molar-refractivity contribution in [2.45, 2.75) is 31.7 Å². The summed E-state index contributed by atoms with van der Waals surface area (Å²) in [7, 11) is -1.29. The molecule has 1 heterocycles. The van der Waals surface area contributed by atoms with Gasteiger partial charge in [0.05, 0.1) is 5.75 Å². The second-order valence-corrected chi connectivity index (χ2v) is 7.60. The van der Waals surface area contributed by atoms with Crippen molar-refractivity contribution in [2.75, 3.05) is 25.9 Å². The molecule has 2 atom stereocenters. The van der Waals surface area contributed by atoms with E-state index in [4.69, 9.17) is 5.73 Å². The normalized spacial score (nSPS) is 25.8. The topological polar surface area (TPSA) is 66.6 Å². The first kappa shape index (κ1) is 15.3. The first-order valence-electron chi connectivity index (χ1n) is 6.84. The number of nitrogens with two attached hydrogens (primary N) is 1. The van der Waals surface area contributed by atoms with Crippen LogP contribution in [-0.2, 0) is 15.8 Å². The summed E-state index contributed by atoms with van der Waals surface area (Å²) in [5.74, 6) is -0.0250. The number of anilines is 1. The third-order valence-corrected chi connectivity index (χ3v) is 5.87. The number of benzene rings is 1. The van der Waals surface area contributed by atoms with Crippen LogP contribution in [0.15, 0.2) is 24.3 Å². The minimum atomic E-state index is -3.32. The molecule has 20 heavy (non-hydrogen) atoms. The van der Waals surface area contributed by atoms with E-state index in [-0.39, 0.29) is 17.8 Å². The summed E-state index contributed by atoms with van der Waals surface area (Å²) in [6.45, 7) is 5.18. The molecule has 2 rings (SSSR count). The minimum Gasteiger partial charge on any atom is -0.398 e. The predicted molar refractivity (Wildman–Crippen MR) is 81.7 cm³/mol. The molecule has 0 radical (unpaired) electrons. The largest absolute Gasteiger partial charge is 0.398 e. The van der Waals surface area contributed by atoms with Gasteiger partial charge in [-0.3, -0.25) is 4.90 Å². The standard InChI is InChI=1S/C14H23N3O2S/c1-11-8-17(9-12(2)16(11)3)20(18,19)10-13-6-4-5-7-14(13)15/h4-7,11-12H,8-10,15H2,1-3H3. The van der Waals surface area contributed by atoms with Gasteiger partial charge in [0.15, 0.2) is 0 Å². The number of piperazine rings is 1. The molecule has 2 N–H and O–H groups in total. The first-order valence-corrected chi connectivity index (χ1v) is 8.45. The lowest BCUT2D eigenvalue weighted by Crippen LogP contribution is -2.56. The molecule has 0 aromatic heterocycles. The zero-order chi connectivity index (χ0) is 14.9. The van der Waals surface area contributed by atoms with E-state index in [1.807, 2.05) is 19.2 Å². The molecule has 1 aromatic carbocycles. The molecular formula is C14H23N3O2S. The molecule has 0 saturated carbocycles. The van der Waals surface area contributed by atoms with Crippen LogP contribution in [0.4, 0.5) is 5.69 Å². The Morgan fingerprint density at radius 3 is 2.30 bits per heavy atom. The maximum Gasteiger partial charge on any atom is 0.218 e. The number of rotatable bonds is 3. The maximum absolute atomic E-state index is 12.6. The minimum absolute atomic E-state index is 0.0250. The molecule has 1 aromatic rings. The third kappa shape index (κ3) is 3.13. The molecular weight excluding hydrogens is 274 g/mol. The molecule has 112 valence electrons. The zero-order valence-electron chi connectivity index (χ0n) is 12.3. The van der Waals surface area contributed by atoms with Gasteiger partial charge in [0.2, 0.25) is 10.0 Å². The van der Waals surface area contributed by atoms with Gasteiger partial charge in [0.1, 0.15) is 0 Å². The Balaban J connectivity index is 2.17. The van der Waals surface area contributed by atoms with Gasteiger partial charge >= 0.3 is 0 Å². The Morgan fingerprint density at radius 1 is 1.20 bits per heavy atom. The lowest BCUT2D eigenvalue weighted by atomic mass is 10.1. The molecule has 0 amide bonds. The monoisotopic (exact) mass is 297 g/mol. The summed E-state index contributed by atoms with van der Waals surface area (Å²) < 4.78 is 26.7. The SMILES string of the molecule is CC1CN(S(=O)(=O)Cc2ccccc2N)CC(C)N1C. The van der Waals surface area contributed by atoms with Gasteiger partial charge < -0.3 is 5.73 Å². The van der Waals surface area contributed by atoms with E-state index >= 15 is 0 Å². The van der Waals surface area contributed by atoms with E-state index in [0.717, 1.165) is 0 Å². The van der Waals surface area contributed by atoms with E-state index in [1.165, 1.54) is 0 Å². The van der Waals surface area contributed by atoms with Crippen molar-refractivity contribution in [3.8, 4) is 0 Å². The van der Waals surface area contributed by atoms with Crippen molar-refractivity contribution in [2.24, 2.45) is 0 Å². The van der Waals surface area contributed by atoms with Crippen molar-refractivity contribution in [3.63, 3.8) is 0 Å². The Bertz CT molecular complexity index is 562. The molecule has 0 aliphatic carbocycles. The fraction of sp³-hybridized carbons (Fsp3) is 0.571. The number of nitrogen functional groups attached to an aromatic ring is 1. The van der Waals surface area contributed by atoms with Crippen LogP contribution in [0.1, 0.15) is 19.4 Å². The molecule has 0 spiro atoms. The summed E-state index contributed by atoms with van der Waals surface area (Å²) in [4.78, 5) is 2.21. The van der Waals surface area contributed by atoms with E-state index in [0.29, 0.717) is 24.3 Å². The number of sulfonamides is 1. The fourth-order valence-corrected chi connectivity index (χ4v) is 4.26. The fourth-order valence-electron chi connectivity index (χ4n) is 2.54. The highest BCUT2D eigenvalue weighted by atomic mass is 32.2. The summed E-state index contributed by atoms with van der Waals surface area (Å²) in [5.41, 5.74) is 7.05. The van der Waals surface area contributed by atoms with Crippen molar-refractivity contribution < 1.29 is 8.42 Å². The molecule has 1 aliphatic rings. The molecule has 0 bridgehead atoms. The van der Waals surface area contributed by atoms with E-state index in [1.54, 1.807) is 16.4 Å². The van der Waals surface area contributed by atoms with Gasteiger partial charge in [-0.15, -0.1) is 0 Å². The van der Waals surface area contributed by atoms with Gasteiger partial charge in [-0.25, -0.2) is 8.42 Å². The van der Waals surface area contributed by atoms with Crippen molar-refractivity contribution in [3.05, 3.63) is 29.8 Å². The van der Waals surface area contributed by atoms with E-state index in [9.17, 15) is 8.42 Å². The smallest absolute Gasteiger partial charge is 0.218 e. The van der Waals surface area contributed by atoms with Crippen LogP contribution < -0.4 is 5.73 Å². The Labute approximate surface area is 121 Å². The van der Waals surface area contributed by atoms with Gasteiger partial charge in [0.25, 0.3) is 0 Å². The predicted octanol–water partition coefficient (Wildman–Crippen LogP) is 1.12. The van der Waals surface area contributed by atoms with Crippen LogP contribution >= 0.6 is 0 Å². The van der Waals surface area contributed by atoms with Crippen LogP contribution in [0.2, 0.25) is 0 Å². The van der Waals surface area contributed by atoms with Crippen LogP contribution in [0.25, 0.3) is 0 Å². The number of hydrogen-bond acceptors (Lipinski definition) is 4. The third-order valence-electron chi connectivity index (χ3n) is 4.11. The van der Waals surface area contributed by atoms with Gasteiger partial charge in [-0.2, -0.15) is 4.31 Å². The number of hydrogen-bond donors (Lipinski definition) is 1. The summed E-state index contributed by atoms with van der Waals surface area (Å²) in [6, 6.07) is 7.58. The average molecular weight is 297 g/mol. The quantitative estimate of drug-likeness (QED) is 0.849. The van der Waals surface area contributed by atoms with Gasteiger partial charge in [0, 0.05) is 30.9 Å². The first-order chi connectivity index (χ1) is 9.31. The Hall–Kier alpha value is -1.11.